The highest BCUT2D eigenvalue weighted by atomic mass is 16.5. The summed E-state index contributed by atoms with van der Waals surface area (Å²) in [5, 5.41) is 0. The van der Waals surface area contributed by atoms with Crippen molar-refractivity contribution >= 4 is 56.2 Å². The second-order valence-electron chi connectivity index (χ2n) is 17.8. The van der Waals surface area contributed by atoms with Gasteiger partial charge in [-0.25, -0.2) is 9.97 Å². The molecule has 0 N–H and O–H groups in total. The maximum absolute atomic E-state index is 6.53. The lowest BCUT2D eigenvalue weighted by atomic mass is 9.91. The molecule has 2 aromatic heterocycles. The molecular formula is C63H42N6O. The van der Waals surface area contributed by atoms with E-state index < -0.39 is 0 Å². The van der Waals surface area contributed by atoms with E-state index in [0.29, 0.717) is 0 Å². The smallest absolute Gasteiger partial charge is 0.151 e. The van der Waals surface area contributed by atoms with Crippen LogP contribution in [0.3, 0.4) is 0 Å². The summed E-state index contributed by atoms with van der Waals surface area (Å²) < 4.78 is 11.1. The van der Waals surface area contributed by atoms with Crippen molar-refractivity contribution in [3.05, 3.63) is 254 Å². The normalized spacial score (nSPS) is 12.6. The molecule has 0 radical (unpaired) electrons. The fraction of sp³-hybridized carbons (Fsp3) is 0.0159. The summed E-state index contributed by atoms with van der Waals surface area (Å²) >= 11 is 0. The highest BCUT2D eigenvalue weighted by Crippen LogP contribution is 2.53. The van der Waals surface area contributed by atoms with Gasteiger partial charge in [0.05, 0.1) is 33.4 Å². The predicted octanol–water partition coefficient (Wildman–Crippen LogP) is 16.3. The molecule has 0 spiro atoms. The lowest BCUT2D eigenvalue weighted by molar-refractivity contribution is 0.477. The van der Waals surface area contributed by atoms with E-state index in [1.165, 1.54) is 22.5 Å². The van der Waals surface area contributed by atoms with Crippen molar-refractivity contribution in [3.8, 4) is 56.8 Å². The summed E-state index contributed by atoms with van der Waals surface area (Å²) in [7, 11) is 0. The molecule has 0 bridgehead atoms. The third-order valence-electron chi connectivity index (χ3n) is 13.7. The molecule has 330 valence electrons. The fourth-order valence-electron chi connectivity index (χ4n) is 10.6. The van der Waals surface area contributed by atoms with Crippen molar-refractivity contribution in [3.63, 3.8) is 0 Å². The van der Waals surface area contributed by atoms with Gasteiger partial charge in [-0.2, -0.15) is 0 Å². The van der Waals surface area contributed by atoms with E-state index in [1.54, 1.807) is 0 Å². The molecule has 2 aliphatic heterocycles. The van der Waals surface area contributed by atoms with Crippen LogP contribution in [0, 0.1) is 0 Å². The fourth-order valence-corrected chi connectivity index (χ4v) is 10.6. The highest BCUT2D eigenvalue weighted by molar-refractivity contribution is 5.99. The van der Waals surface area contributed by atoms with Gasteiger partial charge in [0.2, 0.25) is 0 Å². The summed E-state index contributed by atoms with van der Waals surface area (Å²) in [6.07, 6.45) is 0.869. The van der Waals surface area contributed by atoms with Crippen molar-refractivity contribution < 1.29 is 4.74 Å². The Balaban J connectivity index is 1.09. The van der Waals surface area contributed by atoms with Crippen LogP contribution in [0.4, 0.5) is 34.1 Å². The molecular weight excluding hydrogens is 857 g/mol. The lowest BCUT2D eigenvalue weighted by Crippen LogP contribution is -2.18. The Labute approximate surface area is 405 Å². The van der Waals surface area contributed by atoms with E-state index in [1.807, 2.05) is 24.3 Å². The van der Waals surface area contributed by atoms with Gasteiger partial charge in [-0.1, -0.05) is 133 Å². The minimum Gasteiger partial charge on any atom is -0.453 e. The van der Waals surface area contributed by atoms with Gasteiger partial charge in [-0.15, -0.1) is 0 Å². The van der Waals surface area contributed by atoms with Crippen molar-refractivity contribution in [1.29, 1.82) is 0 Å². The van der Waals surface area contributed by atoms with Gasteiger partial charge >= 0.3 is 0 Å². The van der Waals surface area contributed by atoms with Crippen LogP contribution in [0.2, 0.25) is 0 Å². The molecule has 0 unspecified atom stereocenters. The standard InChI is InChI=1S/C63H42N6O/c1-3-21-44(22-4-1)68-56-29-13-9-25-52(56)64-62(68)50-40-46(66-54-27-11-7-19-42(54)39-43-20-8-12-28-55(43)66)35-37-48(50)49-38-36-47(67-58-31-15-17-33-60(58)70-61-34-18-16-32-59(61)67)41-51(49)63-65-53-26-10-14-30-57(53)69(63)45-23-5-2-6-24-45/h1-38,40-41H,39H2. The first-order valence-electron chi connectivity index (χ1n) is 23.7. The van der Waals surface area contributed by atoms with Gasteiger partial charge < -0.3 is 14.5 Å². The Morgan fingerprint density at radius 3 is 1.19 bits per heavy atom. The monoisotopic (exact) mass is 898 g/mol. The van der Waals surface area contributed by atoms with E-state index in [-0.39, 0.29) is 0 Å². The van der Waals surface area contributed by atoms with Crippen LogP contribution in [0.15, 0.2) is 243 Å². The SMILES string of the molecule is c1ccc(-n2c(-c3cc(N4c5ccccc5Cc5ccccc54)ccc3-c3ccc(N4c5ccccc5Oc5ccccc54)cc3-c3nc4ccccc4n3-c3ccccc3)nc3ccccc32)cc1. The van der Waals surface area contributed by atoms with E-state index >= 15 is 0 Å². The Bertz CT molecular complexity index is 3640. The Kier molecular flexibility index (Phi) is 9.13. The van der Waals surface area contributed by atoms with E-state index in [0.717, 1.165) is 108 Å². The Morgan fingerprint density at radius 2 is 0.700 bits per heavy atom. The summed E-state index contributed by atoms with van der Waals surface area (Å²) in [4.78, 5) is 15.8. The minimum absolute atomic E-state index is 0.793. The number of ether oxygens (including phenoxy) is 1. The number of fused-ring (bicyclic) bond motifs is 6. The van der Waals surface area contributed by atoms with Gasteiger partial charge in [0.25, 0.3) is 0 Å². The summed E-state index contributed by atoms with van der Waals surface area (Å²) in [6, 6.07) is 85.8. The second-order valence-corrected chi connectivity index (χ2v) is 17.8. The van der Waals surface area contributed by atoms with Gasteiger partial charge in [-0.3, -0.25) is 9.13 Å². The van der Waals surface area contributed by atoms with Crippen molar-refractivity contribution in [2.45, 2.75) is 6.42 Å². The van der Waals surface area contributed by atoms with E-state index in [4.69, 9.17) is 14.7 Å². The van der Waals surface area contributed by atoms with Gasteiger partial charge in [0.1, 0.15) is 11.6 Å². The summed E-state index contributed by atoms with van der Waals surface area (Å²) in [5.74, 6) is 3.25. The zero-order chi connectivity index (χ0) is 46.1. The van der Waals surface area contributed by atoms with Crippen LogP contribution in [0.1, 0.15) is 11.1 Å². The van der Waals surface area contributed by atoms with Crippen LogP contribution in [0.25, 0.3) is 67.3 Å². The van der Waals surface area contributed by atoms with Gasteiger partial charge in [-0.05, 0) is 131 Å². The number of nitrogens with zero attached hydrogens (tertiary/aromatic N) is 6. The number of hydrogen-bond acceptors (Lipinski definition) is 5. The number of anilines is 6. The first-order chi connectivity index (χ1) is 34.7. The number of rotatable bonds is 7. The molecule has 0 amide bonds. The molecule has 12 aromatic rings. The molecule has 7 nitrogen and oxygen atoms in total. The first kappa shape index (κ1) is 39.7. The molecule has 70 heavy (non-hydrogen) atoms. The average Bonchev–Trinajstić information content (AvgIpc) is 4.02. The molecule has 2 aliphatic rings. The lowest BCUT2D eigenvalue weighted by Gasteiger charge is -2.34. The highest BCUT2D eigenvalue weighted by Gasteiger charge is 2.30. The van der Waals surface area contributed by atoms with Crippen LogP contribution >= 0.6 is 0 Å². The Hall–Kier alpha value is -9.46. The topological polar surface area (TPSA) is 51.4 Å². The van der Waals surface area contributed by atoms with Crippen molar-refractivity contribution in [2.75, 3.05) is 9.80 Å². The predicted molar refractivity (Wildman–Crippen MR) is 284 cm³/mol. The van der Waals surface area contributed by atoms with Gasteiger partial charge in [0.15, 0.2) is 11.5 Å². The van der Waals surface area contributed by atoms with Crippen LogP contribution < -0.4 is 14.5 Å². The van der Waals surface area contributed by atoms with Crippen LogP contribution in [0.5, 0.6) is 11.5 Å². The van der Waals surface area contributed by atoms with Gasteiger partial charge in [0, 0.05) is 51.7 Å². The average molecular weight is 899 g/mol. The zero-order valence-corrected chi connectivity index (χ0v) is 37.9. The molecule has 14 rings (SSSR count). The quantitative estimate of drug-likeness (QED) is 0.160. The van der Waals surface area contributed by atoms with Crippen molar-refractivity contribution in [2.24, 2.45) is 0 Å². The summed E-state index contributed by atoms with van der Waals surface area (Å²) in [6.45, 7) is 0. The number of hydrogen-bond donors (Lipinski definition) is 0. The molecule has 0 fully saturated rings. The summed E-state index contributed by atoms with van der Waals surface area (Å²) in [5.41, 5.74) is 18.7. The number of benzene rings is 10. The maximum atomic E-state index is 6.53. The zero-order valence-electron chi connectivity index (χ0n) is 37.9. The first-order valence-corrected chi connectivity index (χ1v) is 23.7. The minimum atomic E-state index is 0.793. The largest absolute Gasteiger partial charge is 0.453 e. The van der Waals surface area contributed by atoms with Crippen LogP contribution in [-0.4, -0.2) is 19.1 Å². The molecule has 4 heterocycles. The van der Waals surface area contributed by atoms with E-state index in [2.05, 4.69) is 237 Å². The molecule has 0 saturated heterocycles. The molecule has 7 heteroatoms. The third kappa shape index (κ3) is 6.36. The van der Waals surface area contributed by atoms with Crippen molar-refractivity contribution in [1.82, 2.24) is 19.1 Å². The molecule has 10 aromatic carbocycles. The Morgan fingerprint density at radius 1 is 0.314 bits per heavy atom. The second kappa shape index (κ2) is 16.1. The number of para-hydroxylation sites is 12. The maximum Gasteiger partial charge on any atom is 0.151 e. The molecule has 0 aliphatic carbocycles. The number of imidazole rings is 2. The molecule has 0 atom stereocenters. The van der Waals surface area contributed by atoms with E-state index in [9.17, 15) is 0 Å². The molecule has 0 saturated carbocycles. The van der Waals surface area contributed by atoms with Crippen LogP contribution in [-0.2, 0) is 6.42 Å². The third-order valence-corrected chi connectivity index (χ3v) is 13.7. The number of aromatic nitrogens is 4.